The number of aliphatic imine (C=N–C) groups is 1. The Kier molecular flexibility index (Phi) is 8.32. The van der Waals surface area contributed by atoms with Crippen LogP contribution in [0.5, 0.6) is 5.75 Å². The van der Waals surface area contributed by atoms with Crippen LogP contribution in [0.4, 0.5) is 0 Å². The van der Waals surface area contributed by atoms with Gasteiger partial charge in [-0.3, -0.25) is 4.99 Å². The molecule has 0 aliphatic carbocycles. The Bertz CT molecular complexity index is 735. The molecule has 0 spiro atoms. The molecule has 0 radical (unpaired) electrons. The van der Waals surface area contributed by atoms with Gasteiger partial charge in [-0.15, -0.1) is 0 Å². The number of dihydropyridines is 1. The molecule has 5 heteroatoms. The van der Waals surface area contributed by atoms with E-state index in [1.807, 2.05) is 24.6 Å². The van der Waals surface area contributed by atoms with Gasteiger partial charge in [0.2, 0.25) is 0 Å². The Labute approximate surface area is 175 Å². The van der Waals surface area contributed by atoms with Crippen LogP contribution in [0.25, 0.3) is 0 Å². The van der Waals surface area contributed by atoms with Crippen LogP contribution in [-0.2, 0) is 6.54 Å². The normalized spacial score (nSPS) is 21.8. The second-order valence-corrected chi connectivity index (χ2v) is 8.38. The van der Waals surface area contributed by atoms with Crippen LogP contribution in [0.1, 0.15) is 48.8 Å². The molecule has 158 valence electrons. The van der Waals surface area contributed by atoms with Crippen molar-refractivity contribution in [3.63, 3.8) is 0 Å². The Morgan fingerprint density at radius 3 is 2.90 bits per heavy atom. The monoisotopic (exact) mass is 396 g/mol. The quantitative estimate of drug-likeness (QED) is 0.559. The molecule has 1 aromatic rings. The van der Waals surface area contributed by atoms with Crippen molar-refractivity contribution >= 4 is 6.21 Å². The molecule has 1 saturated heterocycles. The molecule has 3 rings (SSSR count). The van der Waals surface area contributed by atoms with E-state index in [0.29, 0.717) is 17.8 Å². The van der Waals surface area contributed by atoms with Gasteiger partial charge >= 0.3 is 0 Å². The Morgan fingerprint density at radius 1 is 1.24 bits per heavy atom. The molecule has 0 amide bonds. The summed E-state index contributed by atoms with van der Waals surface area (Å²) < 4.78 is 0. The first-order valence-corrected chi connectivity index (χ1v) is 11.0. The second kappa shape index (κ2) is 11.2. The lowest BCUT2D eigenvalue weighted by Crippen LogP contribution is -2.34. The number of nitrogens with zero attached hydrogens (tertiary/aromatic N) is 2. The first-order chi connectivity index (χ1) is 14.1. The van der Waals surface area contributed by atoms with Crippen molar-refractivity contribution in [1.29, 1.82) is 0 Å². The Hall–Kier alpha value is -2.11. The van der Waals surface area contributed by atoms with Gasteiger partial charge in [0, 0.05) is 49.1 Å². The van der Waals surface area contributed by atoms with E-state index in [1.54, 1.807) is 0 Å². The van der Waals surface area contributed by atoms with E-state index in [0.717, 1.165) is 55.7 Å². The molecule has 2 aliphatic heterocycles. The van der Waals surface area contributed by atoms with Crippen LogP contribution in [0.3, 0.4) is 0 Å². The van der Waals surface area contributed by atoms with Gasteiger partial charge in [-0.2, -0.15) is 0 Å². The summed E-state index contributed by atoms with van der Waals surface area (Å²) in [7, 11) is 2.11. The van der Waals surface area contributed by atoms with Crippen LogP contribution in [0, 0.1) is 6.92 Å². The number of rotatable bonds is 9. The molecule has 3 N–H and O–H groups in total. The molecular formula is C24H36N4O. The number of piperidine rings is 1. The van der Waals surface area contributed by atoms with Gasteiger partial charge < -0.3 is 20.6 Å². The van der Waals surface area contributed by atoms with Crippen LogP contribution >= 0.6 is 0 Å². The predicted molar refractivity (Wildman–Crippen MR) is 122 cm³/mol. The van der Waals surface area contributed by atoms with E-state index in [4.69, 9.17) is 0 Å². The zero-order chi connectivity index (χ0) is 20.5. The van der Waals surface area contributed by atoms with Gasteiger partial charge in [-0.05, 0) is 70.1 Å². The topological polar surface area (TPSA) is 59.9 Å². The SMILES string of the molecule is Cc1cc(C=NCCC2CCCCN2)c(O)c(CN(C)CCC2C=CC=CN2)c1. The highest BCUT2D eigenvalue weighted by Crippen LogP contribution is 2.25. The number of hydrogen-bond donors (Lipinski definition) is 3. The molecule has 0 bridgehead atoms. The number of aromatic hydroxyl groups is 1. The number of phenolic OH excluding ortho intramolecular Hbond substituents is 1. The number of benzene rings is 1. The number of phenols is 1. The zero-order valence-corrected chi connectivity index (χ0v) is 17.9. The average molecular weight is 397 g/mol. The summed E-state index contributed by atoms with van der Waals surface area (Å²) >= 11 is 0. The molecule has 2 unspecified atom stereocenters. The molecular weight excluding hydrogens is 360 g/mol. The highest BCUT2D eigenvalue weighted by Gasteiger charge is 2.13. The lowest BCUT2D eigenvalue weighted by atomic mass is 10.0. The molecule has 1 fully saturated rings. The summed E-state index contributed by atoms with van der Waals surface area (Å²) in [5, 5.41) is 17.7. The highest BCUT2D eigenvalue weighted by molar-refractivity contribution is 5.84. The molecule has 0 saturated carbocycles. The maximum absolute atomic E-state index is 10.8. The number of allylic oxidation sites excluding steroid dienone is 2. The standard InChI is InChI=1S/C24H36N4O/c1-19-15-20(17-25-13-9-22-7-3-5-11-26-22)24(29)21(16-19)18-28(2)14-10-23-8-4-6-12-27-23/h4,6,8,12,15-17,22-23,26-27,29H,3,5,7,9-11,13-14,18H2,1-2H3. The van der Waals surface area contributed by atoms with Gasteiger partial charge in [0.1, 0.15) is 5.75 Å². The largest absolute Gasteiger partial charge is 0.507 e. The molecule has 2 heterocycles. The molecule has 29 heavy (non-hydrogen) atoms. The van der Waals surface area contributed by atoms with Gasteiger partial charge in [0.25, 0.3) is 0 Å². The minimum absolute atomic E-state index is 0.362. The minimum Gasteiger partial charge on any atom is -0.507 e. The van der Waals surface area contributed by atoms with E-state index < -0.39 is 0 Å². The lowest BCUT2D eigenvalue weighted by molar-refractivity contribution is 0.307. The summed E-state index contributed by atoms with van der Waals surface area (Å²) in [4.78, 5) is 6.86. The molecule has 2 aliphatic rings. The number of aryl methyl sites for hydroxylation is 1. The molecule has 5 nitrogen and oxygen atoms in total. The summed E-state index contributed by atoms with van der Waals surface area (Å²) in [5.74, 6) is 0.362. The molecule has 0 aromatic heterocycles. The fourth-order valence-electron chi connectivity index (χ4n) is 4.06. The molecule has 1 aromatic carbocycles. The van der Waals surface area contributed by atoms with Gasteiger partial charge in [0.05, 0.1) is 0 Å². The van der Waals surface area contributed by atoms with E-state index in [2.05, 4.69) is 52.7 Å². The Morgan fingerprint density at radius 2 is 2.14 bits per heavy atom. The minimum atomic E-state index is 0.362. The van der Waals surface area contributed by atoms with E-state index in [1.165, 1.54) is 19.3 Å². The van der Waals surface area contributed by atoms with Crippen molar-refractivity contribution in [2.24, 2.45) is 4.99 Å². The van der Waals surface area contributed by atoms with E-state index in [-0.39, 0.29) is 0 Å². The maximum Gasteiger partial charge on any atom is 0.128 e. The molecule has 2 atom stereocenters. The predicted octanol–water partition coefficient (Wildman–Crippen LogP) is 3.52. The first-order valence-electron chi connectivity index (χ1n) is 11.0. The zero-order valence-electron chi connectivity index (χ0n) is 17.9. The van der Waals surface area contributed by atoms with Crippen molar-refractivity contribution in [1.82, 2.24) is 15.5 Å². The van der Waals surface area contributed by atoms with Crippen molar-refractivity contribution in [3.05, 3.63) is 53.3 Å². The van der Waals surface area contributed by atoms with E-state index in [9.17, 15) is 5.11 Å². The third-order valence-electron chi connectivity index (χ3n) is 5.74. The number of nitrogens with one attached hydrogen (secondary N) is 2. The summed E-state index contributed by atoms with van der Waals surface area (Å²) in [5.41, 5.74) is 2.95. The van der Waals surface area contributed by atoms with Crippen molar-refractivity contribution < 1.29 is 5.11 Å². The van der Waals surface area contributed by atoms with Crippen LogP contribution < -0.4 is 10.6 Å². The first kappa shape index (κ1) is 21.6. The van der Waals surface area contributed by atoms with Crippen LogP contribution in [0.2, 0.25) is 0 Å². The maximum atomic E-state index is 10.8. The van der Waals surface area contributed by atoms with Crippen molar-refractivity contribution in [2.75, 3.05) is 26.7 Å². The third kappa shape index (κ3) is 7.02. The second-order valence-electron chi connectivity index (χ2n) is 8.38. The highest BCUT2D eigenvalue weighted by atomic mass is 16.3. The van der Waals surface area contributed by atoms with E-state index >= 15 is 0 Å². The number of hydrogen-bond acceptors (Lipinski definition) is 5. The third-order valence-corrected chi connectivity index (χ3v) is 5.74. The van der Waals surface area contributed by atoms with Crippen LogP contribution in [0.15, 0.2) is 41.6 Å². The lowest BCUT2D eigenvalue weighted by Gasteiger charge is -2.22. The fourth-order valence-corrected chi connectivity index (χ4v) is 4.06. The van der Waals surface area contributed by atoms with Gasteiger partial charge in [0.15, 0.2) is 0 Å². The average Bonchev–Trinajstić information content (AvgIpc) is 2.74. The fraction of sp³-hybridized carbons (Fsp3) is 0.542. The van der Waals surface area contributed by atoms with Gasteiger partial charge in [-0.25, -0.2) is 0 Å². The smallest absolute Gasteiger partial charge is 0.128 e. The Balaban J connectivity index is 1.52. The van der Waals surface area contributed by atoms with Crippen LogP contribution in [-0.4, -0.2) is 55.0 Å². The summed E-state index contributed by atoms with van der Waals surface area (Å²) in [6.07, 6.45) is 16.1. The van der Waals surface area contributed by atoms with Crippen molar-refractivity contribution in [3.8, 4) is 5.75 Å². The van der Waals surface area contributed by atoms with Gasteiger partial charge in [-0.1, -0.05) is 24.6 Å². The summed E-state index contributed by atoms with van der Waals surface area (Å²) in [6, 6.07) is 5.08. The van der Waals surface area contributed by atoms with Crippen molar-refractivity contribution in [2.45, 2.75) is 57.7 Å². The summed E-state index contributed by atoms with van der Waals surface area (Å²) in [6.45, 7) is 5.70.